The Morgan fingerprint density at radius 1 is 0.967 bits per heavy atom. The Bertz CT molecular complexity index is 1130. The molecule has 1 amide bonds. The van der Waals surface area contributed by atoms with Crippen molar-refractivity contribution in [2.75, 3.05) is 16.9 Å². The largest absolute Gasteiger partial charge is 0.455 e. The highest BCUT2D eigenvalue weighted by molar-refractivity contribution is 7.99. The molecule has 0 unspecified atom stereocenters. The van der Waals surface area contributed by atoms with Crippen LogP contribution in [0.1, 0.15) is 0 Å². The smallest absolute Gasteiger partial charge is 0.234 e. The van der Waals surface area contributed by atoms with Crippen LogP contribution in [0.25, 0.3) is 11.3 Å². The van der Waals surface area contributed by atoms with Crippen LogP contribution in [0.4, 0.5) is 5.69 Å². The van der Waals surface area contributed by atoms with Crippen molar-refractivity contribution < 1.29 is 9.53 Å². The van der Waals surface area contributed by atoms with Crippen molar-refractivity contribution in [1.82, 2.24) is 9.66 Å². The molecule has 150 valence electrons. The summed E-state index contributed by atoms with van der Waals surface area (Å²) >= 11 is 1.27. The van der Waals surface area contributed by atoms with Crippen molar-refractivity contribution in [2.24, 2.45) is 0 Å². The molecule has 3 N–H and O–H groups in total. The van der Waals surface area contributed by atoms with Crippen LogP contribution in [0.2, 0.25) is 0 Å². The van der Waals surface area contributed by atoms with Crippen LogP contribution in [0.15, 0.2) is 96.3 Å². The molecule has 0 spiro atoms. The zero-order valence-corrected chi connectivity index (χ0v) is 16.9. The molecule has 0 saturated carbocycles. The van der Waals surface area contributed by atoms with Gasteiger partial charge in [-0.25, -0.2) is 9.66 Å². The molecular formula is C23H20N4O2S. The summed E-state index contributed by atoms with van der Waals surface area (Å²) in [6.07, 6.45) is 1.75. The van der Waals surface area contributed by atoms with Crippen molar-refractivity contribution in [3.05, 3.63) is 91.1 Å². The summed E-state index contributed by atoms with van der Waals surface area (Å²) in [6.45, 7) is 0. The van der Waals surface area contributed by atoms with Gasteiger partial charge in [0.1, 0.15) is 5.75 Å². The van der Waals surface area contributed by atoms with Gasteiger partial charge in [-0.15, -0.1) is 0 Å². The maximum Gasteiger partial charge on any atom is 0.234 e. The minimum absolute atomic E-state index is 0.169. The fraction of sp³-hybridized carbons (Fsp3) is 0.0435. The maximum absolute atomic E-state index is 12.5. The Kier molecular flexibility index (Phi) is 6.01. The van der Waals surface area contributed by atoms with Crippen LogP contribution in [-0.4, -0.2) is 21.3 Å². The van der Waals surface area contributed by atoms with E-state index in [1.165, 1.54) is 16.4 Å². The van der Waals surface area contributed by atoms with Gasteiger partial charge in [0.05, 0.1) is 23.3 Å². The summed E-state index contributed by atoms with van der Waals surface area (Å²) in [6, 6.07) is 26.5. The van der Waals surface area contributed by atoms with E-state index in [-0.39, 0.29) is 11.7 Å². The number of carbonyl (C=O) groups excluding carboxylic acids is 1. The summed E-state index contributed by atoms with van der Waals surface area (Å²) in [5.41, 5.74) is 2.34. The average Bonchev–Trinajstić information content (AvgIpc) is 3.16. The van der Waals surface area contributed by atoms with E-state index in [2.05, 4.69) is 10.3 Å². The van der Waals surface area contributed by atoms with Crippen molar-refractivity contribution >= 4 is 23.4 Å². The number of rotatable bonds is 7. The fourth-order valence-electron chi connectivity index (χ4n) is 2.82. The topological polar surface area (TPSA) is 82.2 Å². The van der Waals surface area contributed by atoms with Gasteiger partial charge in [-0.1, -0.05) is 72.4 Å². The van der Waals surface area contributed by atoms with Crippen LogP contribution >= 0.6 is 11.8 Å². The van der Waals surface area contributed by atoms with Gasteiger partial charge in [-0.2, -0.15) is 0 Å². The third-order valence-electron chi connectivity index (χ3n) is 4.23. The molecule has 0 saturated heterocycles. The molecule has 0 aliphatic carbocycles. The molecule has 0 aliphatic rings. The van der Waals surface area contributed by atoms with Gasteiger partial charge in [0.2, 0.25) is 5.91 Å². The average molecular weight is 417 g/mol. The molecule has 4 rings (SSSR count). The molecule has 0 fully saturated rings. The van der Waals surface area contributed by atoms with Gasteiger partial charge in [0, 0.05) is 5.56 Å². The Hall–Kier alpha value is -3.71. The lowest BCUT2D eigenvalue weighted by molar-refractivity contribution is -0.113. The highest BCUT2D eigenvalue weighted by Crippen LogP contribution is 2.29. The Labute approximate surface area is 178 Å². The number of carbonyl (C=O) groups is 1. The number of thioether (sulfide) groups is 1. The van der Waals surface area contributed by atoms with Gasteiger partial charge in [-0.05, 0) is 24.3 Å². The van der Waals surface area contributed by atoms with Crippen LogP contribution in [0.5, 0.6) is 11.5 Å². The Balaban J connectivity index is 1.40. The number of imidazole rings is 1. The quantitative estimate of drug-likeness (QED) is 0.334. The number of aromatic nitrogens is 2. The van der Waals surface area contributed by atoms with E-state index in [1.54, 1.807) is 12.3 Å². The van der Waals surface area contributed by atoms with Crippen LogP contribution in [0.3, 0.4) is 0 Å². The second-order valence-corrected chi connectivity index (χ2v) is 7.37. The normalized spacial score (nSPS) is 10.5. The number of nitrogen functional groups attached to an aromatic ring is 1. The zero-order valence-electron chi connectivity index (χ0n) is 16.1. The summed E-state index contributed by atoms with van der Waals surface area (Å²) in [7, 11) is 0. The molecule has 4 aromatic rings. The maximum atomic E-state index is 12.5. The minimum Gasteiger partial charge on any atom is -0.455 e. The third kappa shape index (κ3) is 4.82. The number of para-hydroxylation sites is 3. The van der Waals surface area contributed by atoms with Crippen molar-refractivity contribution in [3.63, 3.8) is 0 Å². The van der Waals surface area contributed by atoms with E-state index in [0.29, 0.717) is 22.3 Å². The summed E-state index contributed by atoms with van der Waals surface area (Å²) in [5.74, 6) is 7.28. The van der Waals surface area contributed by atoms with E-state index in [1.807, 2.05) is 78.9 Å². The standard InChI is InChI=1S/C23H20N4O2S/c24-27-15-20(17-9-3-1-4-10-17)26-23(27)30-16-22(28)25-19-13-7-8-14-21(19)29-18-11-5-2-6-12-18/h1-15H,16,24H2,(H,25,28). The van der Waals surface area contributed by atoms with Gasteiger partial charge in [-0.3, -0.25) is 4.79 Å². The predicted octanol–water partition coefficient (Wildman–Crippen LogP) is 4.79. The van der Waals surface area contributed by atoms with Gasteiger partial charge < -0.3 is 15.9 Å². The summed E-state index contributed by atoms with van der Waals surface area (Å²) in [4.78, 5) is 17.0. The molecule has 1 heterocycles. The van der Waals surface area contributed by atoms with E-state index in [0.717, 1.165) is 11.3 Å². The molecular weight excluding hydrogens is 396 g/mol. The predicted molar refractivity (Wildman–Crippen MR) is 120 cm³/mol. The molecule has 0 bridgehead atoms. The first-order valence-corrected chi connectivity index (χ1v) is 10.3. The number of hydrogen-bond acceptors (Lipinski definition) is 5. The van der Waals surface area contributed by atoms with Gasteiger partial charge >= 0.3 is 0 Å². The lowest BCUT2D eigenvalue weighted by Gasteiger charge is -2.12. The molecule has 0 aliphatic heterocycles. The van der Waals surface area contributed by atoms with Crippen LogP contribution in [-0.2, 0) is 4.79 Å². The van der Waals surface area contributed by atoms with Gasteiger partial charge in [0.15, 0.2) is 10.9 Å². The van der Waals surface area contributed by atoms with Crippen molar-refractivity contribution in [1.29, 1.82) is 0 Å². The lowest BCUT2D eigenvalue weighted by Crippen LogP contribution is -2.16. The molecule has 1 aromatic heterocycles. The first-order valence-electron chi connectivity index (χ1n) is 9.33. The zero-order chi connectivity index (χ0) is 20.8. The molecule has 30 heavy (non-hydrogen) atoms. The van der Waals surface area contributed by atoms with E-state index >= 15 is 0 Å². The van der Waals surface area contributed by atoms with Crippen molar-refractivity contribution in [2.45, 2.75) is 5.16 Å². The van der Waals surface area contributed by atoms with Gasteiger partial charge in [0.25, 0.3) is 0 Å². The summed E-state index contributed by atoms with van der Waals surface area (Å²) in [5, 5.41) is 3.46. The van der Waals surface area contributed by atoms with Crippen molar-refractivity contribution in [3.8, 4) is 22.8 Å². The molecule has 0 atom stereocenters. The number of ether oxygens (including phenoxy) is 1. The molecule has 6 nitrogen and oxygen atoms in total. The minimum atomic E-state index is -0.173. The highest BCUT2D eigenvalue weighted by atomic mass is 32.2. The number of nitrogens with two attached hydrogens (primary N) is 1. The van der Waals surface area contributed by atoms with E-state index in [9.17, 15) is 4.79 Å². The monoisotopic (exact) mass is 416 g/mol. The first kappa shape index (κ1) is 19.6. The number of benzene rings is 3. The molecule has 0 radical (unpaired) electrons. The first-order chi connectivity index (χ1) is 14.7. The van der Waals surface area contributed by atoms with Crippen LogP contribution in [0, 0.1) is 0 Å². The Morgan fingerprint density at radius 3 is 2.40 bits per heavy atom. The number of hydrogen-bond donors (Lipinski definition) is 2. The molecule has 7 heteroatoms. The van der Waals surface area contributed by atoms with E-state index < -0.39 is 0 Å². The number of anilines is 1. The number of nitrogens with one attached hydrogen (secondary N) is 1. The summed E-state index contributed by atoms with van der Waals surface area (Å²) < 4.78 is 7.32. The Morgan fingerprint density at radius 2 is 1.63 bits per heavy atom. The number of amides is 1. The second-order valence-electron chi connectivity index (χ2n) is 6.43. The lowest BCUT2D eigenvalue weighted by atomic mass is 10.2. The second kappa shape index (κ2) is 9.19. The number of nitrogens with zero attached hydrogens (tertiary/aromatic N) is 2. The third-order valence-corrected chi connectivity index (χ3v) is 5.20. The highest BCUT2D eigenvalue weighted by Gasteiger charge is 2.13. The molecule has 3 aromatic carbocycles. The van der Waals surface area contributed by atoms with Crippen LogP contribution < -0.4 is 15.9 Å². The fourth-order valence-corrected chi connectivity index (χ4v) is 3.52. The van der Waals surface area contributed by atoms with E-state index in [4.69, 9.17) is 10.6 Å². The SMILES string of the molecule is Nn1cc(-c2ccccc2)nc1SCC(=O)Nc1ccccc1Oc1ccccc1.